The Balaban J connectivity index is 2.00. The van der Waals surface area contributed by atoms with Crippen molar-refractivity contribution in [1.82, 2.24) is 4.90 Å². The Morgan fingerprint density at radius 2 is 2.06 bits per heavy atom. The second-order valence-corrected chi connectivity index (χ2v) is 5.12. The number of rotatable bonds is 2. The van der Waals surface area contributed by atoms with Gasteiger partial charge in [-0.2, -0.15) is 0 Å². The number of carbonyl (C=O) groups excluding carboxylic acids is 1. The smallest absolute Gasteiger partial charge is 0.219 e. The molecule has 0 bridgehead atoms. The van der Waals surface area contributed by atoms with E-state index < -0.39 is 0 Å². The minimum Gasteiger partial charge on any atom is -0.341 e. The van der Waals surface area contributed by atoms with Gasteiger partial charge in [-0.15, -0.1) is 0 Å². The number of nitrogens with two attached hydrogens (primary N) is 1. The Kier molecular flexibility index (Phi) is 3.97. The zero-order valence-corrected chi connectivity index (χ0v) is 10.6. The molecular weight excluding hydrogens is 231 g/mol. The van der Waals surface area contributed by atoms with E-state index in [1.165, 1.54) is 12.1 Å². The van der Waals surface area contributed by atoms with Crippen molar-refractivity contribution in [3.05, 3.63) is 35.6 Å². The summed E-state index contributed by atoms with van der Waals surface area (Å²) in [4.78, 5) is 13.2. The highest BCUT2D eigenvalue weighted by molar-refractivity contribution is 5.73. The molecule has 0 aliphatic carbocycles. The van der Waals surface area contributed by atoms with E-state index in [1.807, 2.05) is 4.90 Å². The maximum atomic E-state index is 12.8. The molecule has 1 aromatic carbocycles. The number of likely N-dealkylation sites (tertiary alicyclic amines) is 1. The fourth-order valence-corrected chi connectivity index (χ4v) is 2.61. The highest BCUT2D eigenvalue weighted by Gasteiger charge is 2.26. The zero-order chi connectivity index (χ0) is 13.1. The number of hydrogen-bond acceptors (Lipinski definition) is 2. The van der Waals surface area contributed by atoms with Gasteiger partial charge in [0.1, 0.15) is 5.82 Å². The largest absolute Gasteiger partial charge is 0.341 e. The highest BCUT2D eigenvalue weighted by Crippen LogP contribution is 2.20. The van der Waals surface area contributed by atoms with Gasteiger partial charge in [0.05, 0.1) is 0 Å². The Labute approximate surface area is 107 Å². The summed E-state index contributed by atoms with van der Waals surface area (Å²) in [5.41, 5.74) is 7.07. The first kappa shape index (κ1) is 13.0. The summed E-state index contributed by atoms with van der Waals surface area (Å²) in [7, 11) is 0. The van der Waals surface area contributed by atoms with E-state index in [2.05, 4.69) is 0 Å². The predicted octanol–water partition coefficient (Wildman–Crippen LogP) is 1.56. The monoisotopic (exact) mass is 250 g/mol. The quantitative estimate of drug-likeness (QED) is 0.866. The average molecular weight is 250 g/mol. The van der Waals surface area contributed by atoms with Gasteiger partial charge in [-0.3, -0.25) is 4.79 Å². The molecule has 0 radical (unpaired) electrons. The van der Waals surface area contributed by atoms with Crippen LogP contribution in [0.4, 0.5) is 4.39 Å². The van der Waals surface area contributed by atoms with E-state index in [9.17, 15) is 9.18 Å². The second kappa shape index (κ2) is 5.48. The second-order valence-electron chi connectivity index (χ2n) is 5.12. The van der Waals surface area contributed by atoms with Crippen molar-refractivity contribution in [2.75, 3.05) is 13.1 Å². The summed E-state index contributed by atoms with van der Waals surface area (Å²) in [5, 5.41) is 0. The van der Waals surface area contributed by atoms with Crippen LogP contribution in [0.3, 0.4) is 0 Å². The Morgan fingerprint density at radius 1 is 1.39 bits per heavy atom. The van der Waals surface area contributed by atoms with Gasteiger partial charge >= 0.3 is 0 Å². The number of hydrogen-bond donors (Lipinski definition) is 1. The fraction of sp³-hybridized carbons (Fsp3) is 0.500. The van der Waals surface area contributed by atoms with Crippen LogP contribution in [-0.4, -0.2) is 29.9 Å². The van der Waals surface area contributed by atoms with Crippen LogP contribution in [0.15, 0.2) is 24.3 Å². The van der Waals surface area contributed by atoms with Crippen molar-refractivity contribution < 1.29 is 9.18 Å². The average Bonchev–Trinajstić information content (AvgIpc) is 2.31. The third-order valence-electron chi connectivity index (χ3n) is 3.45. The lowest BCUT2D eigenvalue weighted by atomic mass is 9.89. The number of piperidine rings is 1. The highest BCUT2D eigenvalue weighted by atomic mass is 19.1. The van der Waals surface area contributed by atoms with E-state index >= 15 is 0 Å². The van der Waals surface area contributed by atoms with E-state index in [4.69, 9.17) is 5.73 Å². The van der Waals surface area contributed by atoms with Gasteiger partial charge in [-0.1, -0.05) is 12.1 Å². The van der Waals surface area contributed by atoms with Gasteiger partial charge in [-0.25, -0.2) is 4.39 Å². The van der Waals surface area contributed by atoms with Crippen molar-refractivity contribution >= 4 is 5.91 Å². The summed E-state index contributed by atoms with van der Waals surface area (Å²) in [6.45, 7) is 2.97. The zero-order valence-electron chi connectivity index (χ0n) is 10.6. The normalized spacial score (nSPS) is 24.1. The maximum Gasteiger partial charge on any atom is 0.219 e. The molecule has 1 saturated heterocycles. The third-order valence-corrected chi connectivity index (χ3v) is 3.45. The van der Waals surface area contributed by atoms with Crippen molar-refractivity contribution in [2.24, 2.45) is 11.7 Å². The third kappa shape index (κ3) is 3.29. The summed E-state index contributed by atoms with van der Waals surface area (Å²) < 4.78 is 12.8. The lowest BCUT2D eigenvalue weighted by Crippen LogP contribution is -2.49. The predicted molar refractivity (Wildman–Crippen MR) is 68.4 cm³/mol. The molecule has 1 aliphatic heterocycles. The topological polar surface area (TPSA) is 46.3 Å². The number of carbonyl (C=O) groups is 1. The van der Waals surface area contributed by atoms with Crippen molar-refractivity contribution in [2.45, 2.75) is 25.8 Å². The van der Waals surface area contributed by atoms with Crippen LogP contribution >= 0.6 is 0 Å². The summed E-state index contributed by atoms with van der Waals surface area (Å²) in [6, 6.07) is 6.59. The van der Waals surface area contributed by atoms with Crippen LogP contribution in [0, 0.1) is 11.7 Å². The van der Waals surface area contributed by atoms with Crippen LogP contribution < -0.4 is 5.73 Å². The minimum atomic E-state index is -0.218. The SMILES string of the molecule is CC(=O)N1CC(N)CC(Cc2ccc(F)cc2)C1. The fourth-order valence-electron chi connectivity index (χ4n) is 2.61. The molecule has 1 heterocycles. The molecule has 0 aromatic heterocycles. The van der Waals surface area contributed by atoms with Crippen molar-refractivity contribution in [1.29, 1.82) is 0 Å². The molecule has 18 heavy (non-hydrogen) atoms. The first-order valence-corrected chi connectivity index (χ1v) is 6.30. The van der Waals surface area contributed by atoms with Crippen LogP contribution in [0.5, 0.6) is 0 Å². The van der Waals surface area contributed by atoms with Gasteiger partial charge in [0, 0.05) is 26.1 Å². The van der Waals surface area contributed by atoms with Gasteiger partial charge in [0.15, 0.2) is 0 Å². The van der Waals surface area contributed by atoms with Gasteiger partial charge < -0.3 is 10.6 Å². The van der Waals surface area contributed by atoms with Crippen molar-refractivity contribution in [3.8, 4) is 0 Å². The molecule has 98 valence electrons. The molecule has 3 nitrogen and oxygen atoms in total. The van der Waals surface area contributed by atoms with Crippen LogP contribution in [0.25, 0.3) is 0 Å². The Bertz CT molecular complexity index is 418. The first-order chi connectivity index (χ1) is 8.54. The summed E-state index contributed by atoms with van der Waals surface area (Å²) in [6.07, 6.45) is 1.76. The van der Waals surface area contributed by atoms with E-state index in [0.717, 1.165) is 24.9 Å². The molecule has 0 spiro atoms. The Morgan fingerprint density at radius 3 is 2.67 bits per heavy atom. The van der Waals surface area contributed by atoms with Crippen molar-refractivity contribution in [3.63, 3.8) is 0 Å². The van der Waals surface area contributed by atoms with E-state index in [-0.39, 0.29) is 17.8 Å². The lowest BCUT2D eigenvalue weighted by molar-refractivity contribution is -0.130. The lowest BCUT2D eigenvalue weighted by Gasteiger charge is -2.35. The molecular formula is C14H19FN2O. The van der Waals surface area contributed by atoms with Gasteiger partial charge in [-0.05, 0) is 36.5 Å². The molecule has 2 rings (SSSR count). The first-order valence-electron chi connectivity index (χ1n) is 6.30. The standard InChI is InChI=1S/C14H19FN2O/c1-10(18)17-8-12(7-14(16)9-17)6-11-2-4-13(15)5-3-11/h2-5,12,14H,6-9,16H2,1H3. The minimum absolute atomic E-state index is 0.0492. The van der Waals surface area contributed by atoms with Crippen LogP contribution in [0.2, 0.25) is 0 Å². The number of nitrogens with zero attached hydrogens (tertiary/aromatic N) is 1. The molecule has 1 aliphatic rings. The van der Waals surface area contributed by atoms with Gasteiger partial charge in [0.2, 0.25) is 5.91 Å². The molecule has 0 saturated carbocycles. The number of amides is 1. The molecule has 2 atom stereocenters. The maximum absolute atomic E-state index is 12.8. The van der Waals surface area contributed by atoms with Gasteiger partial charge in [0.25, 0.3) is 0 Å². The van der Waals surface area contributed by atoms with Crippen LogP contribution in [0.1, 0.15) is 18.9 Å². The van der Waals surface area contributed by atoms with E-state index in [0.29, 0.717) is 12.5 Å². The summed E-state index contributed by atoms with van der Waals surface area (Å²) in [5.74, 6) is 0.224. The molecule has 1 fully saturated rings. The number of halogens is 1. The molecule has 2 N–H and O–H groups in total. The molecule has 1 aromatic rings. The summed E-state index contributed by atoms with van der Waals surface area (Å²) >= 11 is 0. The molecule has 4 heteroatoms. The Hall–Kier alpha value is -1.42. The molecule has 1 amide bonds. The molecule has 2 unspecified atom stereocenters. The van der Waals surface area contributed by atoms with E-state index in [1.54, 1.807) is 19.1 Å². The number of benzene rings is 1. The van der Waals surface area contributed by atoms with Crippen LogP contribution in [-0.2, 0) is 11.2 Å².